The molecular formula is C16H17ClN2O2. The summed E-state index contributed by atoms with van der Waals surface area (Å²) in [5.41, 5.74) is 7.20. The predicted octanol–water partition coefficient (Wildman–Crippen LogP) is 3.99. The molecule has 0 aromatic heterocycles. The minimum atomic E-state index is -0.0780. The summed E-state index contributed by atoms with van der Waals surface area (Å²) >= 11 is 5.99. The third-order valence-corrected chi connectivity index (χ3v) is 3.33. The maximum Gasteiger partial charge on any atom is 0.169 e. The Balaban J connectivity index is 2.42. The number of aryl methyl sites for hydroxylation is 1. The van der Waals surface area contributed by atoms with Gasteiger partial charge in [-0.1, -0.05) is 24.6 Å². The molecule has 3 N–H and O–H groups in total. The number of ether oxygens (including phenoxy) is 2. The van der Waals surface area contributed by atoms with Crippen LogP contribution in [0.2, 0.25) is 5.02 Å². The second-order valence-electron chi connectivity index (χ2n) is 4.49. The smallest absolute Gasteiger partial charge is 0.169 e. The quantitative estimate of drug-likeness (QED) is 0.648. The highest BCUT2D eigenvalue weighted by molar-refractivity contribution is 6.30. The van der Waals surface area contributed by atoms with E-state index in [-0.39, 0.29) is 5.84 Å². The molecule has 4 nitrogen and oxygen atoms in total. The summed E-state index contributed by atoms with van der Waals surface area (Å²) in [6.45, 7) is 2.07. The molecular weight excluding hydrogens is 288 g/mol. The Hall–Kier alpha value is -2.20. The van der Waals surface area contributed by atoms with E-state index in [0.717, 1.165) is 12.0 Å². The van der Waals surface area contributed by atoms with Crippen molar-refractivity contribution in [2.45, 2.75) is 13.3 Å². The Morgan fingerprint density at radius 2 is 1.90 bits per heavy atom. The van der Waals surface area contributed by atoms with Gasteiger partial charge in [0, 0.05) is 11.1 Å². The van der Waals surface area contributed by atoms with Crippen LogP contribution in [0.5, 0.6) is 17.2 Å². The molecule has 21 heavy (non-hydrogen) atoms. The zero-order chi connectivity index (χ0) is 15.4. The summed E-state index contributed by atoms with van der Waals surface area (Å²) in [5.74, 6) is 1.53. The van der Waals surface area contributed by atoms with Crippen molar-refractivity contribution in [3.63, 3.8) is 0 Å². The number of nitrogens with one attached hydrogen (secondary N) is 1. The molecule has 5 heteroatoms. The maximum absolute atomic E-state index is 7.60. The Morgan fingerprint density at radius 1 is 1.14 bits per heavy atom. The first-order chi connectivity index (χ1) is 10.0. The van der Waals surface area contributed by atoms with Crippen LogP contribution < -0.4 is 15.2 Å². The van der Waals surface area contributed by atoms with Crippen molar-refractivity contribution in [3.05, 3.63) is 52.5 Å². The van der Waals surface area contributed by atoms with Crippen LogP contribution in [0.3, 0.4) is 0 Å². The highest BCUT2D eigenvalue weighted by atomic mass is 35.5. The van der Waals surface area contributed by atoms with Crippen molar-refractivity contribution in [2.75, 3.05) is 7.11 Å². The highest BCUT2D eigenvalue weighted by Crippen LogP contribution is 2.35. The van der Waals surface area contributed by atoms with Gasteiger partial charge in [0.15, 0.2) is 11.5 Å². The fraction of sp³-hybridized carbons (Fsp3) is 0.188. The Bertz CT molecular complexity index is 671. The number of benzene rings is 2. The molecule has 0 bridgehead atoms. The first-order valence-corrected chi connectivity index (χ1v) is 6.91. The molecule has 2 aromatic rings. The number of nitrogen functional groups attached to an aromatic ring is 1. The number of hydrogen-bond donors (Lipinski definition) is 2. The molecule has 0 aliphatic carbocycles. The molecule has 0 saturated carbocycles. The summed E-state index contributed by atoms with van der Waals surface area (Å²) < 4.78 is 11.2. The fourth-order valence-corrected chi connectivity index (χ4v) is 2.10. The van der Waals surface area contributed by atoms with Crippen LogP contribution in [-0.2, 0) is 6.42 Å². The van der Waals surface area contributed by atoms with Gasteiger partial charge in [0.2, 0.25) is 0 Å². The van der Waals surface area contributed by atoms with Gasteiger partial charge in [0.25, 0.3) is 0 Å². The van der Waals surface area contributed by atoms with E-state index in [1.807, 2.05) is 18.2 Å². The number of nitrogens with two attached hydrogens (primary N) is 1. The van der Waals surface area contributed by atoms with E-state index in [0.29, 0.717) is 27.8 Å². The second kappa shape index (κ2) is 6.50. The average Bonchev–Trinajstić information content (AvgIpc) is 2.47. The van der Waals surface area contributed by atoms with Crippen LogP contribution in [0.4, 0.5) is 0 Å². The van der Waals surface area contributed by atoms with Crippen LogP contribution in [-0.4, -0.2) is 12.9 Å². The number of amidine groups is 1. The van der Waals surface area contributed by atoms with Gasteiger partial charge in [-0.3, -0.25) is 5.41 Å². The van der Waals surface area contributed by atoms with Gasteiger partial charge in [-0.05, 0) is 36.2 Å². The maximum atomic E-state index is 7.60. The van der Waals surface area contributed by atoms with E-state index >= 15 is 0 Å². The van der Waals surface area contributed by atoms with Gasteiger partial charge in [-0.2, -0.15) is 0 Å². The first kappa shape index (κ1) is 15.2. The lowest BCUT2D eigenvalue weighted by molar-refractivity contribution is 0.378. The highest BCUT2D eigenvalue weighted by Gasteiger charge is 2.12. The minimum Gasteiger partial charge on any atom is -0.493 e. The molecule has 0 saturated heterocycles. The molecule has 0 radical (unpaired) electrons. The van der Waals surface area contributed by atoms with Gasteiger partial charge < -0.3 is 15.2 Å². The van der Waals surface area contributed by atoms with Gasteiger partial charge in [-0.15, -0.1) is 0 Å². The number of rotatable bonds is 5. The molecule has 0 amide bonds. The second-order valence-corrected chi connectivity index (χ2v) is 4.93. The molecule has 110 valence electrons. The van der Waals surface area contributed by atoms with Crippen LogP contribution in [0.15, 0.2) is 36.4 Å². The number of methoxy groups -OCH3 is 1. The third-order valence-electron chi connectivity index (χ3n) is 3.09. The molecule has 0 aliphatic heterocycles. The van der Waals surface area contributed by atoms with Crippen LogP contribution in [0.25, 0.3) is 0 Å². The summed E-state index contributed by atoms with van der Waals surface area (Å²) in [4.78, 5) is 0. The molecule has 0 fully saturated rings. The summed E-state index contributed by atoms with van der Waals surface area (Å²) in [6.07, 6.45) is 0.909. The zero-order valence-electron chi connectivity index (χ0n) is 11.9. The lowest BCUT2D eigenvalue weighted by Gasteiger charge is -2.14. The van der Waals surface area contributed by atoms with Crippen molar-refractivity contribution in [1.82, 2.24) is 0 Å². The van der Waals surface area contributed by atoms with Crippen molar-refractivity contribution in [1.29, 1.82) is 5.41 Å². The molecule has 0 aliphatic rings. The average molecular weight is 305 g/mol. The van der Waals surface area contributed by atoms with Gasteiger partial charge in [0.05, 0.1) is 12.7 Å². The summed E-state index contributed by atoms with van der Waals surface area (Å²) in [7, 11) is 1.59. The fourth-order valence-electron chi connectivity index (χ4n) is 1.94. The van der Waals surface area contributed by atoms with Crippen LogP contribution in [0.1, 0.15) is 18.1 Å². The van der Waals surface area contributed by atoms with Crippen molar-refractivity contribution in [2.24, 2.45) is 5.73 Å². The molecule has 0 atom stereocenters. The van der Waals surface area contributed by atoms with Crippen molar-refractivity contribution < 1.29 is 9.47 Å². The molecule has 2 aromatic carbocycles. The van der Waals surface area contributed by atoms with E-state index in [1.54, 1.807) is 25.3 Å². The largest absolute Gasteiger partial charge is 0.493 e. The van der Waals surface area contributed by atoms with Gasteiger partial charge in [-0.25, -0.2) is 0 Å². The standard InChI is InChI=1S/C16H17ClN2O2/c1-3-10-4-7-13(15(8-10)20-2)21-14-9-11(17)5-6-12(14)16(18)19/h4-9H,3H2,1-2H3,(H3,18,19). The molecule has 0 heterocycles. The number of hydrogen-bond acceptors (Lipinski definition) is 3. The van der Waals surface area contributed by atoms with E-state index in [9.17, 15) is 0 Å². The van der Waals surface area contributed by atoms with E-state index in [1.165, 1.54) is 0 Å². The SMILES string of the molecule is CCc1ccc(Oc2cc(Cl)ccc2C(=N)N)c(OC)c1. The van der Waals surface area contributed by atoms with Crippen molar-refractivity contribution >= 4 is 17.4 Å². The normalized spacial score (nSPS) is 10.2. The van der Waals surface area contributed by atoms with E-state index in [2.05, 4.69) is 6.92 Å². The first-order valence-electron chi connectivity index (χ1n) is 6.54. The van der Waals surface area contributed by atoms with Crippen LogP contribution in [0, 0.1) is 5.41 Å². The molecule has 0 unspecified atom stereocenters. The van der Waals surface area contributed by atoms with Crippen molar-refractivity contribution in [3.8, 4) is 17.2 Å². The predicted molar refractivity (Wildman–Crippen MR) is 84.9 cm³/mol. The minimum absolute atomic E-state index is 0.0780. The topological polar surface area (TPSA) is 68.3 Å². The van der Waals surface area contributed by atoms with Gasteiger partial charge >= 0.3 is 0 Å². The van der Waals surface area contributed by atoms with E-state index < -0.39 is 0 Å². The lowest BCUT2D eigenvalue weighted by Crippen LogP contribution is -2.12. The lowest BCUT2D eigenvalue weighted by atomic mass is 10.1. The third kappa shape index (κ3) is 3.47. The Kier molecular flexibility index (Phi) is 4.70. The molecule has 2 rings (SSSR count). The van der Waals surface area contributed by atoms with Gasteiger partial charge in [0.1, 0.15) is 11.6 Å². The molecule has 0 spiro atoms. The zero-order valence-corrected chi connectivity index (χ0v) is 12.7. The Labute approximate surface area is 129 Å². The monoisotopic (exact) mass is 304 g/mol. The Morgan fingerprint density at radius 3 is 2.52 bits per heavy atom. The van der Waals surface area contributed by atoms with Crippen LogP contribution >= 0.6 is 11.6 Å². The summed E-state index contributed by atoms with van der Waals surface area (Å²) in [6, 6.07) is 10.7. The number of halogens is 1. The van der Waals surface area contributed by atoms with E-state index in [4.69, 9.17) is 32.2 Å². The summed E-state index contributed by atoms with van der Waals surface area (Å²) in [5, 5.41) is 8.11.